The number of nitrogens with zero attached hydrogens (tertiary/aromatic N) is 2. The largest absolute Gasteiger partial charge is 0.493 e. The molecule has 3 amide bonds. The maximum absolute atomic E-state index is 12.4. The Morgan fingerprint density at radius 3 is 2.52 bits per heavy atom. The van der Waals surface area contributed by atoms with Crippen LogP contribution in [0.2, 0.25) is 0 Å². The fraction of sp³-hybridized carbons (Fsp3) is 0.529. The van der Waals surface area contributed by atoms with Gasteiger partial charge in [0.05, 0.1) is 26.9 Å². The third kappa shape index (κ3) is 4.76. The molecule has 0 spiro atoms. The van der Waals surface area contributed by atoms with E-state index < -0.39 is 6.10 Å². The minimum atomic E-state index is -0.761. The molecule has 1 heterocycles. The van der Waals surface area contributed by atoms with Gasteiger partial charge in [0.2, 0.25) is 5.91 Å². The highest BCUT2D eigenvalue weighted by molar-refractivity contribution is 5.75. The predicted octanol–water partition coefficient (Wildman–Crippen LogP) is 0.438. The summed E-state index contributed by atoms with van der Waals surface area (Å²) < 4.78 is 10.6. The average Bonchev–Trinajstić information content (AvgIpc) is 2.80. The number of urea groups is 1. The number of aliphatic hydroxyl groups excluding tert-OH is 1. The van der Waals surface area contributed by atoms with Crippen LogP contribution in [0, 0.1) is 0 Å². The number of hydrogen-bond acceptors (Lipinski definition) is 5. The number of methoxy groups -OCH3 is 2. The number of rotatable bonds is 4. The molecule has 1 atom stereocenters. The van der Waals surface area contributed by atoms with E-state index in [1.54, 1.807) is 25.2 Å². The lowest BCUT2D eigenvalue weighted by Gasteiger charge is -2.22. The molecule has 2 rings (SSSR count). The van der Waals surface area contributed by atoms with E-state index in [-0.39, 0.29) is 31.6 Å². The maximum Gasteiger partial charge on any atom is 0.317 e. The van der Waals surface area contributed by atoms with E-state index in [1.165, 1.54) is 11.8 Å². The number of β-amino-alcohol motifs (C(OH)–C–C–N with tert-alkyl or cyclic N) is 1. The van der Waals surface area contributed by atoms with Gasteiger partial charge < -0.3 is 29.7 Å². The summed E-state index contributed by atoms with van der Waals surface area (Å²) in [5, 5.41) is 12.8. The standard InChI is InChI=1S/C17H25N3O5/c1-12(21)19-7-8-20(11-14(22)10-19)17(23)18-9-13-5-4-6-15(24-2)16(13)25-3/h4-6,14,22H,7-11H2,1-3H3,(H,18,23). The summed E-state index contributed by atoms with van der Waals surface area (Å²) in [4.78, 5) is 27.0. The number of carbonyl (C=O) groups is 2. The van der Waals surface area contributed by atoms with Crippen LogP contribution in [-0.2, 0) is 11.3 Å². The molecule has 0 saturated carbocycles. The van der Waals surface area contributed by atoms with Crippen molar-refractivity contribution >= 4 is 11.9 Å². The molecule has 2 N–H and O–H groups in total. The molecule has 0 bridgehead atoms. The molecule has 1 aromatic rings. The molecular formula is C17H25N3O5. The topological polar surface area (TPSA) is 91.3 Å². The van der Waals surface area contributed by atoms with Crippen molar-refractivity contribution in [2.24, 2.45) is 0 Å². The zero-order chi connectivity index (χ0) is 18.4. The summed E-state index contributed by atoms with van der Waals surface area (Å²) in [5.74, 6) is 1.06. The molecule has 0 radical (unpaired) electrons. The fourth-order valence-corrected chi connectivity index (χ4v) is 2.84. The highest BCUT2D eigenvalue weighted by atomic mass is 16.5. The lowest BCUT2D eigenvalue weighted by molar-refractivity contribution is -0.129. The van der Waals surface area contributed by atoms with Crippen molar-refractivity contribution in [3.8, 4) is 11.5 Å². The van der Waals surface area contributed by atoms with Gasteiger partial charge in [-0.3, -0.25) is 4.79 Å². The summed E-state index contributed by atoms with van der Waals surface area (Å²) in [6.45, 7) is 2.92. The van der Waals surface area contributed by atoms with Gasteiger partial charge in [-0.25, -0.2) is 4.79 Å². The number of ether oxygens (including phenoxy) is 2. The van der Waals surface area contributed by atoms with Gasteiger partial charge in [0.25, 0.3) is 0 Å². The van der Waals surface area contributed by atoms with Gasteiger partial charge in [0.1, 0.15) is 0 Å². The van der Waals surface area contributed by atoms with E-state index in [4.69, 9.17) is 9.47 Å². The zero-order valence-electron chi connectivity index (χ0n) is 14.8. The first kappa shape index (κ1) is 18.9. The molecule has 1 aliphatic heterocycles. The van der Waals surface area contributed by atoms with Crippen LogP contribution in [0.1, 0.15) is 12.5 Å². The first-order valence-electron chi connectivity index (χ1n) is 8.12. The normalized spacial score (nSPS) is 17.7. The maximum atomic E-state index is 12.4. The second kappa shape index (κ2) is 8.57. The van der Waals surface area contributed by atoms with Gasteiger partial charge in [-0.15, -0.1) is 0 Å². The zero-order valence-corrected chi connectivity index (χ0v) is 14.8. The van der Waals surface area contributed by atoms with Gasteiger partial charge >= 0.3 is 6.03 Å². The van der Waals surface area contributed by atoms with Crippen LogP contribution in [0.3, 0.4) is 0 Å². The minimum absolute atomic E-state index is 0.109. The van der Waals surface area contributed by atoms with Crippen LogP contribution in [0.15, 0.2) is 18.2 Å². The van der Waals surface area contributed by atoms with E-state index in [1.807, 2.05) is 12.1 Å². The van der Waals surface area contributed by atoms with Crippen LogP contribution in [-0.4, -0.2) is 73.3 Å². The molecule has 0 aliphatic carbocycles. The van der Waals surface area contributed by atoms with Crippen LogP contribution in [0.25, 0.3) is 0 Å². The van der Waals surface area contributed by atoms with Gasteiger partial charge in [0, 0.05) is 38.7 Å². The lowest BCUT2D eigenvalue weighted by Crippen LogP contribution is -2.43. The molecular weight excluding hydrogens is 326 g/mol. The van der Waals surface area contributed by atoms with Crippen molar-refractivity contribution in [2.75, 3.05) is 40.4 Å². The summed E-state index contributed by atoms with van der Waals surface area (Å²) in [6, 6.07) is 5.15. The summed E-state index contributed by atoms with van der Waals surface area (Å²) >= 11 is 0. The molecule has 1 aromatic carbocycles. The highest BCUT2D eigenvalue weighted by Gasteiger charge is 2.25. The number of carbonyl (C=O) groups excluding carboxylic acids is 2. The smallest absolute Gasteiger partial charge is 0.317 e. The Balaban J connectivity index is 1.99. The molecule has 25 heavy (non-hydrogen) atoms. The lowest BCUT2D eigenvalue weighted by atomic mass is 10.2. The SMILES string of the molecule is COc1cccc(CNC(=O)N2CCN(C(C)=O)CC(O)C2)c1OC. The Hall–Kier alpha value is -2.48. The first-order chi connectivity index (χ1) is 12.0. The average molecular weight is 351 g/mol. The van der Waals surface area contributed by atoms with Crippen molar-refractivity contribution in [1.82, 2.24) is 15.1 Å². The Morgan fingerprint density at radius 2 is 1.88 bits per heavy atom. The number of aliphatic hydroxyl groups is 1. The van der Waals surface area contributed by atoms with Crippen molar-refractivity contribution in [2.45, 2.75) is 19.6 Å². The van der Waals surface area contributed by atoms with Crippen molar-refractivity contribution in [3.05, 3.63) is 23.8 Å². The molecule has 8 nitrogen and oxygen atoms in total. The third-order valence-corrected chi connectivity index (χ3v) is 4.15. The van der Waals surface area contributed by atoms with E-state index in [2.05, 4.69) is 5.32 Å². The number of para-hydroxylation sites is 1. The number of hydrogen-bond donors (Lipinski definition) is 2. The monoisotopic (exact) mass is 351 g/mol. The second-order valence-electron chi connectivity index (χ2n) is 5.88. The molecule has 8 heteroatoms. The van der Waals surface area contributed by atoms with Gasteiger partial charge in [-0.1, -0.05) is 12.1 Å². The quantitative estimate of drug-likeness (QED) is 0.821. The molecule has 1 fully saturated rings. The Labute approximate surface area is 147 Å². The molecule has 1 unspecified atom stereocenters. The molecule has 0 aromatic heterocycles. The predicted molar refractivity (Wildman–Crippen MR) is 91.6 cm³/mol. The number of amides is 3. The highest BCUT2D eigenvalue weighted by Crippen LogP contribution is 2.30. The van der Waals surface area contributed by atoms with Crippen LogP contribution in [0.4, 0.5) is 4.79 Å². The molecule has 1 saturated heterocycles. The summed E-state index contributed by atoms with van der Waals surface area (Å²) in [5.41, 5.74) is 0.788. The first-order valence-corrected chi connectivity index (χ1v) is 8.12. The fourth-order valence-electron chi connectivity index (χ4n) is 2.84. The van der Waals surface area contributed by atoms with E-state index in [9.17, 15) is 14.7 Å². The molecule has 138 valence electrons. The summed E-state index contributed by atoms with van der Waals surface area (Å²) in [6.07, 6.45) is -0.761. The van der Waals surface area contributed by atoms with Crippen molar-refractivity contribution in [1.29, 1.82) is 0 Å². The second-order valence-corrected chi connectivity index (χ2v) is 5.88. The Morgan fingerprint density at radius 1 is 1.20 bits per heavy atom. The van der Waals surface area contributed by atoms with E-state index >= 15 is 0 Å². The van der Waals surface area contributed by atoms with Crippen molar-refractivity contribution in [3.63, 3.8) is 0 Å². The van der Waals surface area contributed by atoms with E-state index in [0.29, 0.717) is 24.6 Å². The van der Waals surface area contributed by atoms with Crippen LogP contribution in [0.5, 0.6) is 11.5 Å². The summed E-state index contributed by atoms with van der Waals surface area (Å²) in [7, 11) is 3.10. The van der Waals surface area contributed by atoms with Crippen LogP contribution < -0.4 is 14.8 Å². The van der Waals surface area contributed by atoms with Gasteiger partial charge in [0.15, 0.2) is 11.5 Å². The number of benzene rings is 1. The minimum Gasteiger partial charge on any atom is -0.493 e. The molecule has 1 aliphatic rings. The van der Waals surface area contributed by atoms with E-state index in [0.717, 1.165) is 5.56 Å². The third-order valence-electron chi connectivity index (χ3n) is 4.15. The Kier molecular flexibility index (Phi) is 6.46. The van der Waals surface area contributed by atoms with Crippen LogP contribution >= 0.6 is 0 Å². The number of nitrogens with one attached hydrogen (secondary N) is 1. The van der Waals surface area contributed by atoms with Gasteiger partial charge in [-0.05, 0) is 6.07 Å². The Bertz CT molecular complexity index is 622. The van der Waals surface area contributed by atoms with Gasteiger partial charge in [-0.2, -0.15) is 0 Å². The van der Waals surface area contributed by atoms with Crippen molar-refractivity contribution < 1.29 is 24.2 Å².